The first kappa shape index (κ1) is 16.4. The second-order valence-corrected chi connectivity index (χ2v) is 6.64. The van der Waals surface area contributed by atoms with Crippen LogP contribution in [-0.4, -0.2) is 22.4 Å². The molecule has 0 bridgehead atoms. The number of amides is 1. The van der Waals surface area contributed by atoms with Crippen molar-refractivity contribution < 1.29 is 4.79 Å². The van der Waals surface area contributed by atoms with Gasteiger partial charge in [-0.05, 0) is 50.9 Å². The van der Waals surface area contributed by atoms with E-state index in [4.69, 9.17) is 0 Å². The Labute approximate surface area is 147 Å². The summed E-state index contributed by atoms with van der Waals surface area (Å²) in [6.45, 7) is 2.71. The van der Waals surface area contributed by atoms with Gasteiger partial charge in [-0.25, -0.2) is 9.97 Å². The second kappa shape index (κ2) is 7.33. The minimum Gasteiger partial charge on any atom is -0.369 e. The summed E-state index contributed by atoms with van der Waals surface area (Å²) in [6.07, 6.45) is 2.97. The molecule has 1 aromatic carbocycles. The summed E-state index contributed by atoms with van der Waals surface area (Å²) < 4.78 is 2.41. The summed E-state index contributed by atoms with van der Waals surface area (Å²) in [6, 6.07) is 3.70. The Morgan fingerprint density at radius 2 is 1.81 bits per heavy atom. The monoisotopic (exact) mass is 476 g/mol. The lowest BCUT2D eigenvalue weighted by atomic mass is 10.3. The number of halogens is 3. The molecule has 0 atom stereocenters. The quantitative estimate of drug-likeness (QED) is 0.681. The Balaban J connectivity index is 2.18. The summed E-state index contributed by atoms with van der Waals surface area (Å²) in [7, 11) is 0. The molecule has 2 N–H and O–H groups in total. The number of anilines is 2. The summed E-state index contributed by atoms with van der Waals surface area (Å²) >= 11 is 10.2. The van der Waals surface area contributed by atoms with E-state index in [9.17, 15) is 4.79 Å². The summed E-state index contributed by atoms with van der Waals surface area (Å²) in [5, 5.41) is 5.82. The van der Waals surface area contributed by atoms with Gasteiger partial charge in [0.2, 0.25) is 0 Å². The molecule has 1 amide bonds. The highest BCUT2D eigenvalue weighted by molar-refractivity contribution is 9.11. The third kappa shape index (κ3) is 4.24. The van der Waals surface area contributed by atoms with Crippen LogP contribution in [0, 0.1) is 0 Å². The van der Waals surface area contributed by atoms with Crippen molar-refractivity contribution >= 4 is 65.2 Å². The first-order valence-electron chi connectivity index (χ1n) is 6.03. The summed E-state index contributed by atoms with van der Waals surface area (Å²) in [5.74, 6) is 0.314. The molecule has 1 heterocycles. The minimum absolute atomic E-state index is 0.248. The maximum atomic E-state index is 12.2. The zero-order valence-electron chi connectivity index (χ0n) is 11.0. The molecule has 110 valence electrons. The van der Waals surface area contributed by atoms with Gasteiger partial charge in [-0.15, -0.1) is 0 Å². The number of carbonyl (C=O) groups is 1. The molecule has 0 radical (unpaired) electrons. The maximum Gasteiger partial charge on any atom is 0.275 e. The fourth-order valence-electron chi connectivity index (χ4n) is 1.56. The molecule has 1 aromatic heterocycles. The van der Waals surface area contributed by atoms with Crippen LogP contribution in [0.1, 0.15) is 17.4 Å². The lowest BCUT2D eigenvalue weighted by Crippen LogP contribution is -2.15. The van der Waals surface area contributed by atoms with Gasteiger partial charge in [0.15, 0.2) is 0 Å². The van der Waals surface area contributed by atoms with E-state index in [1.54, 1.807) is 0 Å². The van der Waals surface area contributed by atoms with Gasteiger partial charge < -0.3 is 10.6 Å². The van der Waals surface area contributed by atoms with Crippen molar-refractivity contribution in [2.24, 2.45) is 0 Å². The highest BCUT2D eigenvalue weighted by Gasteiger charge is 2.13. The van der Waals surface area contributed by atoms with Gasteiger partial charge in [-0.2, -0.15) is 0 Å². The van der Waals surface area contributed by atoms with E-state index in [1.807, 2.05) is 19.1 Å². The fourth-order valence-corrected chi connectivity index (χ4v) is 4.01. The average Bonchev–Trinajstić information content (AvgIpc) is 2.43. The Bertz CT molecular complexity index is 638. The van der Waals surface area contributed by atoms with Crippen molar-refractivity contribution in [3.05, 3.63) is 43.6 Å². The molecule has 0 unspecified atom stereocenters. The maximum absolute atomic E-state index is 12.2. The van der Waals surface area contributed by atoms with Gasteiger partial charge in [-0.3, -0.25) is 4.79 Å². The molecule has 0 saturated heterocycles. The van der Waals surface area contributed by atoms with Crippen LogP contribution in [0.5, 0.6) is 0 Å². The minimum atomic E-state index is -0.325. The molecule has 0 aliphatic heterocycles. The van der Waals surface area contributed by atoms with Gasteiger partial charge in [-0.1, -0.05) is 15.9 Å². The molecular formula is C13H11Br3N4O. The number of hydrogen-bond donors (Lipinski definition) is 2. The van der Waals surface area contributed by atoms with E-state index >= 15 is 0 Å². The third-order valence-electron chi connectivity index (χ3n) is 2.49. The lowest BCUT2D eigenvalue weighted by molar-refractivity contribution is 0.102. The van der Waals surface area contributed by atoms with Crippen LogP contribution < -0.4 is 10.6 Å². The van der Waals surface area contributed by atoms with Gasteiger partial charge in [0, 0.05) is 20.0 Å². The molecule has 2 rings (SSSR count). The van der Waals surface area contributed by atoms with E-state index in [0.717, 1.165) is 20.0 Å². The van der Waals surface area contributed by atoms with Gasteiger partial charge >= 0.3 is 0 Å². The second-order valence-electron chi connectivity index (χ2n) is 4.02. The van der Waals surface area contributed by atoms with Crippen molar-refractivity contribution in [1.29, 1.82) is 0 Å². The van der Waals surface area contributed by atoms with Crippen LogP contribution in [0.15, 0.2) is 37.9 Å². The van der Waals surface area contributed by atoms with Crippen LogP contribution in [0.25, 0.3) is 0 Å². The highest BCUT2D eigenvalue weighted by atomic mass is 79.9. The van der Waals surface area contributed by atoms with Crippen molar-refractivity contribution in [3.63, 3.8) is 0 Å². The standard InChI is InChI=1S/C13H11Br3N4O/c1-2-17-11-6-18-10(5-19-11)13(21)20-12-8(15)3-7(14)4-9(12)16/h3-6H,2H2,1H3,(H,17,19)(H,20,21). The average molecular weight is 479 g/mol. The van der Waals surface area contributed by atoms with Crippen LogP contribution in [0.2, 0.25) is 0 Å². The highest BCUT2D eigenvalue weighted by Crippen LogP contribution is 2.34. The van der Waals surface area contributed by atoms with Crippen molar-refractivity contribution in [2.75, 3.05) is 17.2 Å². The fraction of sp³-hybridized carbons (Fsp3) is 0.154. The largest absolute Gasteiger partial charge is 0.369 e. The molecular weight excluding hydrogens is 468 g/mol. The van der Waals surface area contributed by atoms with Crippen LogP contribution >= 0.6 is 47.8 Å². The molecule has 5 nitrogen and oxygen atoms in total. The molecule has 0 aliphatic carbocycles. The molecule has 0 spiro atoms. The summed E-state index contributed by atoms with van der Waals surface area (Å²) in [5.41, 5.74) is 0.888. The number of rotatable bonds is 4. The lowest BCUT2D eigenvalue weighted by Gasteiger charge is -2.10. The number of aromatic nitrogens is 2. The van der Waals surface area contributed by atoms with Crippen molar-refractivity contribution in [1.82, 2.24) is 9.97 Å². The van der Waals surface area contributed by atoms with Crippen molar-refractivity contribution in [3.8, 4) is 0 Å². The van der Waals surface area contributed by atoms with Gasteiger partial charge in [0.25, 0.3) is 5.91 Å². The predicted octanol–water partition coefficient (Wildman–Crippen LogP) is 4.45. The van der Waals surface area contributed by atoms with E-state index in [2.05, 4.69) is 68.4 Å². The van der Waals surface area contributed by atoms with E-state index in [-0.39, 0.29) is 11.6 Å². The van der Waals surface area contributed by atoms with Crippen LogP contribution in [0.4, 0.5) is 11.5 Å². The number of nitrogens with zero attached hydrogens (tertiary/aromatic N) is 2. The Morgan fingerprint density at radius 1 is 1.14 bits per heavy atom. The van der Waals surface area contributed by atoms with Crippen LogP contribution in [-0.2, 0) is 0 Å². The Morgan fingerprint density at radius 3 is 2.33 bits per heavy atom. The Kier molecular flexibility index (Phi) is 5.72. The molecule has 0 aliphatic rings. The van der Waals surface area contributed by atoms with Gasteiger partial charge in [0.1, 0.15) is 11.5 Å². The number of carbonyl (C=O) groups excluding carboxylic acids is 1. The number of benzene rings is 1. The Hall–Kier alpha value is -0.990. The predicted molar refractivity (Wildman–Crippen MR) is 93.7 cm³/mol. The molecule has 0 saturated carbocycles. The molecule has 8 heteroatoms. The normalized spacial score (nSPS) is 10.3. The number of nitrogens with one attached hydrogen (secondary N) is 2. The zero-order chi connectivity index (χ0) is 15.4. The SMILES string of the molecule is CCNc1cnc(C(=O)Nc2c(Br)cc(Br)cc2Br)cn1. The number of hydrogen-bond acceptors (Lipinski definition) is 4. The smallest absolute Gasteiger partial charge is 0.275 e. The third-order valence-corrected chi connectivity index (χ3v) is 4.20. The zero-order valence-corrected chi connectivity index (χ0v) is 15.7. The molecule has 21 heavy (non-hydrogen) atoms. The van der Waals surface area contributed by atoms with E-state index in [1.165, 1.54) is 12.4 Å². The molecule has 2 aromatic rings. The molecule has 0 fully saturated rings. The van der Waals surface area contributed by atoms with Crippen LogP contribution in [0.3, 0.4) is 0 Å². The van der Waals surface area contributed by atoms with Crippen molar-refractivity contribution in [2.45, 2.75) is 6.92 Å². The topological polar surface area (TPSA) is 66.9 Å². The first-order valence-corrected chi connectivity index (χ1v) is 8.41. The van der Waals surface area contributed by atoms with E-state index in [0.29, 0.717) is 11.5 Å². The van der Waals surface area contributed by atoms with E-state index < -0.39 is 0 Å². The van der Waals surface area contributed by atoms with Gasteiger partial charge in [0.05, 0.1) is 18.1 Å². The first-order chi connectivity index (χ1) is 10.0. The summed E-state index contributed by atoms with van der Waals surface area (Å²) in [4.78, 5) is 20.4.